The monoisotopic (exact) mass is 321 g/mol. The number of ether oxygens (including phenoxy) is 1. The van der Waals surface area contributed by atoms with E-state index in [9.17, 15) is 0 Å². The third-order valence-electron chi connectivity index (χ3n) is 6.38. The second-order valence-electron chi connectivity index (χ2n) is 7.32. The third kappa shape index (κ3) is 2.88. The van der Waals surface area contributed by atoms with E-state index in [1.54, 1.807) is 7.11 Å². The first-order valence-electron chi connectivity index (χ1n) is 8.71. The minimum Gasteiger partial charge on any atom is -0.497 e. The maximum absolute atomic E-state index is 5.30. The Hall–Kier alpha value is -0.730. The molecule has 1 aromatic rings. The molecule has 5 unspecified atom stereocenters. The molecule has 0 amide bonds. The zero-order valence-corrected chi connectivity index (χ0v) is 14.3. The van der Waals surface area contributed by atoms with Crippen molar-refractivity contribution < 1.29 is 4.74 Å². The number of benzene rings is 1. The Morgan fingerprint density at radius 2 is 2.00 bits per heavy atom. The maximum atomic E-state index is 5.30. The van der Waals surface area contributed by atoms with Crippen LogP contribution in [0.5, 0.6) is 5.75 Å². The van der Waals surface area contributed by atoms with Crippen molar-refractivity contribution >= 4 is 12.4 Å². The SMILES string of the molecule is COc1cccc(CCNC2CC3CC2C2CCCC32)c1.Cl. The summed E-state index contributed by atoms with van der Waals surface area (Å²) in [6.45, 7) is 1.11. The van der Waals surface area contributed by atoms with E-state index in [0.29, 0.717) is 0 Å². The summed E-state index contributed by atoms with van der Waals surface area (Å²) in [5.41, 5.74) is 1.38. The minimum atomic E-state index is 0. The van der Waals surface area contributed by atoms with E-state index in [-0.39, 0.29) is 12.4 Å². The van der Waals surface area contributed by atoms with Crippen LogP contribution in [0.1, 0.15) is 37.7 Å². The van der Waals surface area contributed by atoms with Crippen LogP contribution in [-0.4, -0.2) is 19.7 Å². The molecule has 22 heavy (non-hydrogen) atoms. The molecular weight excluding hydrogens is 294 g/mol. The lowest BCUT2D eigenvalue weighted by atomic mass is 9.79. The van der Waals surface area contributed by atoms with E-state index in [1.165, 1.54) is 37.7 Å². The summed E-state index contributed by atoms with van der Waals surface area (Å²) in [6.07, 6.45) is 8.62. The van der Waals surface area contributed by atoms with E-state index in [4.69, 9.17) is 4.74 Å². The number of methoxy groups -OCH3 is 1. The highest BCUT2D eigenvalue weighted by Gasteiger charge is 2.53. The summed E-state index contributed by atoms with van der Waals surface area (Å²) in [5, 5.41) is 3.87. The smallest absolute Gasteiger partial charge is 0.119 e. The number of rotatable bonds is 5. The van der Waals surface area contributed by atoms with Crippen molar-refractivity contribution in [3.63, 3.8) is 0 Å². The highest BCUT2D eigenvalue weighted by Crippen LogP contribution is 2.58. The van der Waals surface area contributed by atoms with E-state index in [1.807, 2.05) is 6.07 Å². The number of hydrogen-bond acceptors (Lipinski definition) is 2. The minimum absolute atomic E-state index is 0. The summed E-state index contributed by atoms with van der Waals surface area (Å²) >= 11 is 0. The largest absolute Gasteiger partial charge is 0.497 e. The normalized spacial score (nSPS) is 35.2. The predicted octanol–water partition coefficient (Wildman–Crippen LogP) is 4.07. The van der Waals surface area contributed by atoms with Crippen molar-refractivity contribution in [1.82, 2.24) is 5.32 Å². The number of fused-ring (bicyclic) bond motifs is 5. The van der Waals surface area contributed by atoms with Crippen molar-refractivity contribution in [3.05, 3.63) is 29.8 Å². The fourth-order valence-electron chi connectivity index (χ4n) is 5.53. The van der Waals surface area contributed by atoms with Crippen LogP contribution < -0.4 is 10.1 Å². The van der Waals surface area contributed by atoms with Crippen LogP contribution in [-0.2, 0) is 6.42 Å². The van der Waals surface area contributed by atoms with Gasteiger partial charge in [0.15, 0.2) is 0 Å². The van der Waals surface area contributed by atoms with Gasteiger partial charge < -0.3 is 10.1 Å². The van der Waals surface area contributed by atoms with Crippen LogP contribution >= 0.6 is 12.4 Å². The van der Waals surface area contributed by atoms with Gasteiger partial charge in [-0.05, 0) is 80.0 Å². The van der Waals surface area contributed by atoms with Crippen molar-refractivity contribution in [2.45, 2.75) is 44.6 Å². The van der Waals surface area contributed by atoms with Gasteiger partial charge in [-0.15, -0.1) is 12.4 Å². The summed E-state index contributed by atoms with van der Waals surface area (Å²) in [7, 11) is 1.74. The van der Waals surface area contributed by atoms with Gasteiger partial charge in [0.05, 0.1) is 7.11 Å². The van der Waals surface area contributed by atoms with Crippen LogP contribution in [0.2, 0.25) is 0 Å². The molecule has 3 fully saturated rings. The highest BCUT2D eigenvalue weighted by atomic mass is 35.5. The first-order chi connectivity index (χ1) is 10.3. The molecule has 0 aliphatic heterocycles. The fourth-order valence-corrected chi connectivity index (χ4v) is 5.53. The molecule has 0 aromatic heterocycles. The summed E-state index contributed by atoms with van der Waals surface area (Å²) in [6, 6.07) is 9.29. The average Bonchev–Trinajstić information content (AvgIpc) is 3.20. The highest BCUT2D eigenvalue weighted by molar-refractivity contribution is 5.85. The molecule has 4 rings (SSSR count). The Morgan fingerprint density at radius 3 is 2.86 bits per heavy atom. The van der Waals surface area contributed by atoms with E-state index in [0.717, 1.165) is 48.4 Å². The first-order valence-corrected chi connectivity index (χ1v) is 8.71. The molecule has 0 heterocycles. The Kier molecular flexibility index (Phi) is 4.99. The lowest BCUT2D eigenvalue weighted by Crippen LogP contribution is -2.40. The molecule has 122 valence electrons. The second-order valence-corrected chi connectivity index (χ2v) is 7.32. The number of hydrogen-bond donors (Lipinski definition) is 1. The number of nitrogens with one attached hydrogen (secondary N) is 1. The molecule has 5 atom stereocenters. The Balaban J connectivity index is 0.00000144. The van der Waals surface area contributed by atoms with Crippen LogP contribution in [0.15, 0.2) is 24.3 Å². The van der Waals surface area contributed by atoms with Gasteiger partial charge in [-0.2, -0.15) is 0 Å². The quantitative estimate of drug-likeness (QED) is 0.882. The zero-order valence-electron chi connectivity index (χ0n) is 13.5. The van der Waals surface area contributed by atoms with E-state index in [2.05, 4.69) is 23.5 Å². The molecule has 1 N–H and O–H groups in total. The summed E-state index contributed by atoms with van der Waals surface area (Å²) in [5.74, 6) is 5.19. The van der Waals surface area contributed by atoms with Gasteiger partial charge in [-0.25, -0.2) is 0 Å². The molecule has 1 aromatic carbocycles. The summed E-state index contributed by atoms with van der Waals surface area (Å²) < 4.78 is 5.30. The molecule has 3 saturated carbocycles. The lowest BCUT2D eigenvalue weighted by molar-refractivity contribution is 0.209. The van der Waals surface area contributed by atoms with Gasteiger partial charge in [-0.3, -0.25) is 0 Å². The van der Waals surface area contributed by atoms with Gasteiger partial charge >= 0.3 is 0 Å². The van der Waals surface area contributed by atoms with Gasteiger partial charge in [0, 0.05) is 6.04 Å². The molecule has 3 aliphatic rings. The van der Waals surface area contributed by atoms with Crippen molar-refractivity contribution in [2.75, 3.05) is 13.7 Å². The topological polar surface area (TPSA) is 21.3 Å². The van der Waals surface area contributed by atoms with Gasteiger partial charge in [0.2, 0.25) is 0 Å². The van der Waals surface area contributed by atoms with Gasteiger partial charge in [0.25, 0.3) is 0 Å². The van der Waals surface area contributed by atoms with Crippen LogP contribution in [0.25, 0.3) is 0 Å². The molecule has 3 aliphatic carbocycles. The van der Waals surface area contributed by atoms with Gasteiger partial charge in [0.1, 0.15) is 5.75 Å². The van der Waals surface area contributed by atoms with Crippen molar-refractivity contribution in [1.29, 1.82) is 0 Å². The van der Waals surface area contributed by atoms with Crippen LogP contribution in [0.3, 0.4) is 0 Å². The molecule has 2 nitrogen and oxygen atoms in total. The Labute approximate surface area is 140 Å². The second kappa shape index (κ2) is 6.80. The molecule has 3 heteroatoms. The Bertz CT molecular complexity index is 506. The average molecular weight is 322 g/mol. The maximum Gasteiger partial charge on any atom is 0.119 e. The van der Waals surface area contributed by atoms with Crippen molar-refractivity contribution in [2.24, 2.45) is 23.7 Å². The zero-order chi connectivity index (χ0) is 14.2. The lowest BCUT2D eigenvalue weighted by Gasteiger charge is -2.32. The summed E-state index contributed by atoms with van der Waals surface area (Å²) in [4.78, 5) is 0. The number of halogens is 1. The standard InChI is InChI=1S/C19H27NO.ClH/c1-21-15-5-2-4-13(10-15)8-9-20-19-12-14-11-18(19)17-7-3-6-16(14)17;/h2,4-5,10,14,16-20H,3,6-9,11-12H2,1H3;1H. The molecule has 0 saturated heterocycles. The third-order valence-corrected chi connectivity index (χ3v) is 6.38. The van der Waals surface area contributed by atoms with Crippen LogP contribution in [0, 0.1) is 23.7 Å². The molecular formula is C19H28ClNO. The Morgan fingerprint density at radius 1 is 1.14 bits per heavy atom. The van der Waals surface area contributed by atoms with Crippen molar-refractivity contribution in [3.8, 4) is 5.75 Å². The molecule has 0 spiro atoms. The molecule has 0 radical (unpaired) electrons. The first kappa shape index (κ1) is 16.1. The molecule has 2 bridgehead atoms. The fraction of sp³-hybridized carbons (Fsp3) is 0.684. The van der Waals surface area contributed by atoms with E-state index >= 15 is 0 Å². The predicted molar refractivity (Wildman–Crippen MR) is 92.8 cm³/mol. The van der Waals surface area contributed by atoms with Crippen LogP contribution in [0.4, 0.5) is 0 Å². The van der Waals surface area contributed by atoms with Gasteiger partial charge in [-0.1, -0.05) is 18.6 Å². The van der Waals surface area contributed by atoms with E-state index < -0.39 is 0 Å².